The fourth-order valence-corrected chi connectivity index (χ4v) is 6.23. The maximum absolute atomic E-state index is 12.7. The largest absolute Gasteiger partial charge is 0.347 e. The number of amides is 1. The van der Waals surface area contributed by atoms with Gasteiger partial charge in [0.25, 0.3) is 5.91 Å². The predicted octanol–water partition coefficient (Wildman–Crippen LogP) is 1.10. The normalized spacial score (nSPS) is 20.4. The Hall–Kier alpha value is -3.09. The number of carbonyl (C=O) groups excluding carboxylic acids is 1. The van der Waals surface area contributed by atoms with Crippen LogP contribution in [0.5, 0.6) is 0 Å². The zero-order chi connectivity index (χ0) is 22.5. The maximum atomic E-state index is 12.7. The van der Waals surface area contributed by atoms with Gasteiger partial charge in [0.1, 0.15) is 0 Å². The number of carbonyl (C=O) groups is 1. The van der Waals surface area contributed by atoms with Crippen molar-refractivity contribution >= 4 is 32.7 Å². The summed E-state index contributed by atoms with van der Waals surface area (Å²) in [5.74, 6) is -0.330. The molecule has 5 rings (SSSR count). The third-order valence-electron chi connectivity index (χ3n) is 5.55. The van der Waals surface area contributed by atoms with E-state index in [-0.39, 0.29) is 23.5 Å². The Morgan fingerprint density at radius 3 is 2.75 bits per heavy atom. The number of hydrogen-bond acceptors (Lipinski definition) is 8. The Labute approximate surface area is 188 Å². The molecule has 0 bridgehead atoms. The molecule has 0 aromatic carbocycles. The zero-order valence-corrected chi connectivity index (χ0v) is 18.8. The molecule has 5 heterocycles. The van der Waals surface area contributed by atoms with Gasteiger partial charge in [-0.1, -0.05) is 0 Å². The van der Waals surface area contributed by atoms with Gasteiger partial charge in [-0.25, -0.2) is 17.9 Å². The molecule has 32 heavy (non-hydrogen) atoms. The fourth-order valence-electron chi connectivity index (χ4n) is 3.83. The number of nitrogens with zero attached hydrogens (tertiary/aromatic N) is 5. The minimum absolute atomic E-state index is 0.0381. The van der Waals surface area contributed by atoms with E-state index in [1.54, 1.807) is 33.9 Å². The van der Waals surface area contributed by atoms with Crippen molar-refractivity contribution in [2.24, 2.45) is 12.8 Å². The molecule has 0 unspecified atom stereocenters. The van der Waals surface area contributed by atoms with Crippen molar-refractivity contribution in [2.75, 3.05) is 11.5 Å². The van der Waals surface area contributed by atoms with Crippen molar-refractivity contribution in [3.8, 4) is 22.3 Å². The summed E-state index contributed by atoms with van der Waals surface area (Å²) in [6.45, 7) is 0. The second-order valence-corrected chi connectivity index (χ2v) is 11.1. The Kier molecular flexibility index (Phi) is 5.07. The van der Waals surface area contributed by atoms with E-state index in [0.29, 0.717) is 16.9 Å². The van der Waals surface area contributed by atoms with Crippen molar-refractivity contribution in [1.29, 1.82) is 0 Å². The number of nitrogens with two attached hydrogens (primary N) is 1. The predicted molar refractivity (Wildman–Crippen MR) is 121 cm³/mol. The lowest BCUT2D eigenvalue weighted by molar-refractivity contribution is 0.0934. The Morgan fingerprint density at radius 1 is 1.19 bits per heavy atom. The first kappa shape index (κ1) is 20.8. The molecule has 166 valence electrons. The van der Waals surface area contributed by atoms with Crippen LogP contribution in [-0.2, 0) is 16.9 Å². The molecule has 3 N–H and O–H groups in total. The summed E-state index contributed by atoms with van der Waals surface area (Å²) in [5.41, 5.74) is 10.2. The van der Waals surface area contributed by atoms with Gasteiger partial charge in [0, 0.05) is 54.4 Å². The van der Waals surface area contributed by atoms with Crippen LogP contribution in [0.25, 0.3) is 27.9 Å². The van der Waals surface area contributed by atoms with Crippen LogP contribution in [0.1, 0.15) is 16.1 Å². The first-order chi connectivity index (χ1) is 15.3. The Balaban J connectivity index is 1.35. The molecule has 1 saturated heterocycles. The highest BCUT2D eigenvalue weighted by Gasteiger charge is 2.32. The zero-order valence-electron chi connectivity index (χ0n) is 17.2. The van der Waals surface area contributed by atoms with Crippen molar-refractivity contribution < 1.29 is 13.2 Å². The molecule has 0 spiro atoms. The Morgan fingerprint density at radius 2 is 2.00 bits per heavy atom. The topological polar surface area (TPSA) is 137 Å². The van der Waals surface area contributed by atoms with Crippen molar-refractivity contribution in [3.05, 3.63) is 47.3 Å². The van der Waals surface area contributed by atoms with Crippen molar-refractivity contribution in [3.63, 3.8) is 0 Å². The minimum atomic E-state index is -3.13. The molecule has 10 nitrogen and oxygen atoms in total. The molecule has 12 heteroatoms. The van der Waals surface area contributed by atoms with Crippen LogP contribution in [0.2, 0.25) is 0 Å². The quantitative estimate of drug-likeness (QED) is 0.455. The van der Waals surface area contributed by atoms with Gasteiger partial charge in [-0.3, -0.25) is 9.48 Å². The number of aryl methyl sites for hydroxylation is 1. The highest BCUT2D eigenvalue weighted by molar-refractivity contribution is 7.91. The van der Waals surface area contributed by atoms with Gasteiger partial charge in [0.05, 0.1) is 28.8 Å². The van der Waals surface area contributed by atoms with Gasteiger partial charge in [0.2, 0.25) is 0 Å². The molecule has 4 aromatic rings. The molecule has 1 fully saturated rings. The summed E-state index contributed by atoms with van der Waals surface area (Å²) in [5, 5.41) is 13.4. The van der Waals surface area contributed by atoms with E-state index in [1.165, 1.54) is 11.3 Å². The van der Waals surface area contributed by atoms with Gasteiger partial charge < -0.3 is 11.1 Å². The number of aromatic nitrogens is 5. The lowest BCUT2D eigenvalue weighted by Crippen LogP contribution is -2.54. The number of hydrogen-bond donors (Lipinski definition) is 2. The van der Waals surface area contributed by atoms with Crippen LogP contribution in [-0.4, -0.2) is 62.3 Å². The molecule has 2 atom stereocenters. The van der Waals surface area contributed by atoms with Gasteiger partial charge in [-0.15, -0.1) is 11.3 Å². The molecule has 1 aliphatic heterocycles. The van der Waals surface area contributed by atoms with E-state index in [2.05, 4.69) is 20.5 Å². The monoisotopic (exact) mass is 471 g/mol. The third-order valence-corrected chi connectivity index (χ3v) is 8.23. The van der Waals surface area contributed by atoms with E-state index in [9.17, 15) is 13.2 Å². The van der Waals surface area contributed by atoms with E-state index in [4.69, 9.17) is 5.73 Å². The van der Waals surface area contributed by atoms with Crippen LogP contribution < -0.4 is 11.1 Å². The first-order valence-electron chi connectivity index (χ1n) is 9.97. The summed E-state index contributed by atoms with van der Waals surface area (Å²) in [6.07, 6.45) is 9.39. The molecular formula is C20H21N7O3S2. The van der Waals surface area contributed by atoms with E-state index >= 15 is 0 Å². The molecule has 0 aliphatic carbocycles. The standard InChI is InChI=1S/C20H21N7O3S2/c1-26-8-14(6-23-26)13-5-22-19-15(7-24-27(19)9-13)12-4-18(31-10-12)20(28)25-17-2-3-32(29,30)11-16(17)21/h4-10,16-17H,2-3,11,21H2,1H3,(H,25,28)/t16-,17+/m1/s1. The summed E-state index contributed by atoms with van der Waals surface area (Å²) >= 11 is 1.31. The number of nitrogens with one attached hydrogen (secondary N) is 1. The lowest BCUT2D eigenvalue weighted by atomic mass is 10.1. The average molecular weight is 472 g/mol. The van der Waals surface area contributed by atoms with Crippen LogP contribution in [0.15, 0.2) is 42.4 Å². The van der Waals surface area contributed by atoms with Gasteiger partial charge >= 0.3 is 0 Å². The van der Waals surface area contributed by atoms with E-state index in [1.807, 2.05) is 24.8 Å². The second kappa shape index (κ2) is 7.80. The average Bonchev–Trinajstić information content (AvgIpc) is 3.48. The summed E-state index contributed by atoms with van der Waals surface area (Å²) in [7, 11) is -1.27. The van der Waals surface area contributed by atoms with Crippen molar-refractivity contribution in [2.45, 2.75) is 18.5 Å². The van der Waals surface area contributed by atoms with Crippen LogP contribution in [0, 0.1) is 0 Å². The SMILES string of the molecule is Cn1cc(-c2cnc3c(-c4csc(C(=O)N[C@H]5CCS(=O)(=O)C[C@H]5N)c4)cnn3c2)cn1. The number of fused-ring (bicyclic) bond motifs is 1. The minimum Gasteiger partial charge on any atom is -0.347 e. The van der Waals surface area contributed by atoms with E-state index in [0.717, 1.165) is 22.3 Å². The van der Waals surface area contributed by atoms with Crippen molar-refractivity contribution in [1.82, 2.24) is 29.7 Å². The van der Waals surface area contributed by atoms with Gasteiger partial charge in [-0.2, -0.15) is 10.2 Å². The number of sulfone groups is 1. The maximum Gasteiger partial charge on any atom is 0.261 e. The van der Waals surface area contributed by atoms with Crippen LogP contribution in [0.4, 0.5) is 0 Å². The molecular weight excluding hydrogens is 450 g/mol. The van der Waals surface area contributed by atoms with Gasteiger partial charge in [0.15, 0.2) is 15.5 Å². The highest BCUT2D eigenvalue weighted by atomic mass is 32.2. The van der Waals surface area contributed by atoms with E-state index < -0.39 is 15.9 Å². The smallest absolute Gasteiger partial charge is 0.261 e. The number of rotatable bonds is 4. The summed E-state index contributed by atoms with van der Waals surface area (Å²) in [4.78, 5) is 17.8. The van der Waals surface area contributed by atoms with Crippen LogP contribution >= 0.6 is 11.3 Å². The first-order valence-corrected chi connectivity index (χ1v) is 12.7. The molecule has 0 saturated carbocycles. The molecule has 4 aromatic heterocycles. The molecule has 1 aliphatic rings. The highest BCUT2D eigenvalue weighted by Crippen LogP contribution is 2.29. The molecule has 0 radical (unpaired) electrons. The Bertz CT molecular complexity index is 1420. The summed E-state index contributed by atoms with van der Waals surface area (Å²) in [6, 6.07) is 0.829. The van der Waals surface area contributed by atoms with Crippen LogP contribution in [0.3, 0.4) is 0 Å². The molecule has 1 amide bonds. The lowest BCUT2D eigenvalue weighted by Gasteiger charge is -2.29. The van der Waals surface area contributed by atoms with Gasteiger partial charge in [-0.05, 0) is 23.4 Å². The number of thiophene rings is 1. The third kappa shape index (κ3) is 3.92. The fraction of sp³-hybridized carbons (Fsp3) is 0.300. The summed E-state index contributed by atoms with van der Waals surface area (Å²) < 4.78 is 26.8. The second-order valence-electron chi connectivity index (χ2n) is 7.92.